The van der Waals surface area contributed by atoms with E-state index in [0.29, 0.717) is 0 Å². The second-order valence-electron chi connectivity index (χ2n) is 6.00. The molecule has 0 saturated heterocycles. The van der Waals surface area contributed by atoms with Gasteiger partial charge in [-0.1, -0.05) is 36.7 Å². The van der Waals surface area contributed by atoms with Crippen molar-refractivity contribution in [2.75, 3.05) is 6.54 Å². The molecule has 3 heteroatoms. The van der Waals surface area contributed by atoms with Crippen molar-refractivity contribution in [1.29, 1.82) is 0 Å². The van der Waals surface area contributed by atoms with Crippen LogP contribution in [-0.2, 0) is 4.74 Å². The molecule has 1 N–H and O–H groups in total. The Morgan fingerprint density at radius 2 is 1.89 bits per heavy atom. The van der Waals surface area contributed by atoms with E-state index in [0.717, 1.165) is 23.6 Å². The van der Waals surface area contributed by atoms with Gasteiger partial charge >= 0.3 is 0 Å². The first-order valence-electron chi connectivity index (χ1n) is 6.98. The van der Waals surface area contributed by atoms with E-state index >= 15 is 0 Å². The molecule has 1 aromatic carbocycles. The summed E-state index contributed by atoms with van der Waals surface area (Å²) in [6.45, 7) is 11.4. The van der Waals surface area contributed by atoms with E-state index in [1.165, 1.54) is 0 Å². The van der Waals surface area contributed by atoms with Crippen LogP contribution in [0.25, 0.3) is 0 Å². The lowest BCUT2D eigenvalue weighted by Gasteiger charge is -2.28. The lowest BCUT2D eigenvalue weighted by molar-refractivity contribution is -0.00723. The van der Waals surface area contributed by atoms with Crippen molar-refractivity contribution < 1.29 is 4.74 Å². The second kappa shape index (κ2) is 7.28. The minimum absolute atomic E-state index is 0.0112. The lowest BCUT2D eigenvalue weighted by atomic mass is 10.1. The highest BCUT2D eigenvalue weighted by Gasteiger charge is 2.20. The van der Waals surface area contributed by atoms with E-state index in [9.17, 15) is 0 Å². The summed E-state index contributed by atoms with van der Waals surface area (Å²) in [6.07, 6.45) is 1.21. The molecule has 0 heterocycles. The van der Waals surface area contributed by atoms with Gasteiger partial charge in [0.05, 0.1) is 12.2 Å². The van der Waals surface area contributed by atoms with Gasteiger partial charge < -0.3 is 10.1 Å². The molecule has 108 valence electrons. The zero-order chi connectivity index (χ0) is 14.5. The number of ether oxygens (including phenoxy) is 1. The predicted molar refractivity (Wildman–Crippen MR) is 82.8 cm³/mol. The van der Waals surface area contributed by atoms with Gasteiger partial charge in [-0.15, -0.1) is 0 Å². The van der Waals surface area contributed by atoms with Crippen molar-refractivity contribution in [3.63, 3.8) is 0 Å². The van der Waals surface area contributed by atoms with E-state index in [1.54, 1.807) is 0 Å². The molecule has 1 aromatic rings. The molecule has 0 aliphatic carbocycles. The topological polar surface area (TPSA) is 21.3 Å². The minimum Gasteiger partial charge on any atom is -0.369 e. The van der Waals surface area contributed by atoms with Crippen molar-refractivity contribution >= 4 is 11.6 Å². The van der Waals surface area contributed by atoms with Crippen LogP contribution < -0.4 is 5.32 Å². The Morgan fingerprint density at radius 1 is 1.26 bits per heavy atom. The number of benzene rings is 1. The SMILES string of the molecule is CCC(C)OC(CNC(C)(C)C)c1ccccc1Cl. The van der Waals surface area contributed by atoms with E-state index in [2.05, 4.69) is 39.9 Å². The fraction of sp³-hybridized carbons (Fsp3) is 0.625. The van der Waals surface area contributed by atoms with Crippen molar-refractivity contribution in [3.05, 3.63) is 34.9 Å². The average Bonchev–Trinajstić information content (AvgIpc) is 2.34. The van der Waals surface area contributed by atoms with E-state index in [1.807, 2.05) is 24.3 Å². The molecule has 2 atom stereocenters. The Morgan fingerprint density at radius 3 is 2.42 bits per heavy atom. The summed E-state index contributed by atoms with van der Waals surface area (Å²) < 4.78 is 6.11. The van der Waals surface area contributed by atoms with Gasteiger partial charge in [-0.05, 0) is 40.2 Å². The van der Waals surface area contributed by atoms with Crippen LogP contribution in [0.2, 0.25) is 5.02 Å². The third-order valence-corrected chi connectivity index (χ3v) is 3.39. The molecule has 0 saturated carbocycles. The van der Waals surface area contributed by atoms with Gasteiger partial charge in [-0.25, -0.2) is 0 Å². The van der Waals surface area contributed by atoms with Crippen LogP contribution in [0.3, 0.4) is 0 Å². The summed E-state index contributed by atoms with van der Waals surface area (Å²) in [5, 5.41) is 4.26. The average molecular weight is 284 g/mol. The molecule has 2 unspecified atom stereocenters. The Balaban J connectivity index is 2.83. The zero-order valence-electron chi connectivity index (χ0n) is 12.7. The highest BCUT2D eigenvalue weighted by Crippen LogP contribution is 2.27. The molecule has 0 amide bonds. The zero-order valence-corrected chi connectivity index (χ0v) is 13.4. The van der Waals surface area contributed by atoms with E-state index in [-0.39, 0.29) is 17.7 Å². The first kappa shape index (κ1) is 16.5. The Hall–Kier alpha value is -0.570. The highest BCUT2D eigenvalue weighted by molar-refractivity contribution is 6.31. The number of hydrogen-bond donors (Lipinski definition) is 1. The van der Waals surface area contributed by atoms with Crippen LogP contribution in [0.5, 0.6) is 0 Å². The predicted octanol–water partition coefficient (Wildman–Crippen LogP) is 4.58. The monoisotopic (exact) mass is 283 g/mol. The maximum absolute atomic E-state index is 6.29. The molecular weight excluding hydrogens is 258 g/mol. The first-order chi connectivity index (χ1) is 8.83. The van der Waals surface area contributed by atoms with Gasteiger partial charge in [0.2, 0.25) is 0 Å². The Kier molecular flexibility index (Phi) is 6.31. The molecule has 1 rings (SSSR count). The van der Waals surface area contributed by atoms with Crippen LogP contribution in [0, 0.1) is 0 Å². The molecular formula is C16H26ClNO. The Bertz CT molecular complexity index is 387. The quantitative estimate of drug-likeness (QED) is 0.825. The van der Waals surface area contributed by atoms with Gasteiger partial charge in [-0.2, -0.15) is 0 Å². The van der Waals surface area contributed by atoms with Gasteiger partial charge in [0.15, 0.2) is 0 Å². The van der Waals surface area contributed by atoms with Crippen LogP contribution in [0.4, 0.5) is 0 Å². The van der Waals surface area contributed by atoms with Gasteiger partial charge in [-0.3, -0.25) is 0 Å². The highest BCUT2D eigenvalue weighted by atomic mass is 35.5. The molecule has 0 bridgehead atoms. The lowest BCUT2D eigenvalue weighted by Crippen LogP contribution is -2.39. The summed E-state index contributed by atoms with van der Waals surface area (Å²) in [6, 6.07) is 7.91. The maximum atomic E-state index is 6.29. The molecule has 0 radical (unpaired) electrons. The largest absolute Gasteiger partial charge is 0.369 e. The third kappa shape index (κ3) is 5.94. The van der Waals surface area contributed by atoms with Crippen molar-refractivity contribution in [1.82, 2.24) is 5.32 Å². The number of halogens is 1. The standard InChI is InChI=1S/C16H26ClNO/c1-6-12(2)19-15(11-18-16(3,4)5)13-9-7-8-10-14(13)17/h7-10,12,15,18H,6,11H2,1-5H3. The second-order valence-corrected chi connectivity index (χ2v) is 6.40. The fourth-order valence-corrected chi connectivity index (χ4v) is 2.00. The molecule has 0 aliphatic rings. The van der Waals surface area contributed by atoms with Gasteiger partial charge in [0.25, 0.3) is 0 Å². The summed E-state index contributed by atoms with van der Waals surface area (Å²) >= 11 is 6.29. The van der Waals surface area contributed by atoms with E-state index < -0.39 is 0 Å². The van der Waals surface area contributed by atoms with Crippen LogP contribution in [0.15, 0.2) is 24.3 Å². The van der Waals surface area contributed by atoms with Crippen molar-refractivity contribution in [3.8, 4) is 0 Å². The molecule has 0 aromatic heterocycles. The van der Waals surface area contributed by atoms with Gasteiger partial charge in [0, 0.05) is 22.7 Å². The van der Waals surface area contributed by atoms with Crippen LogP contribution in [0.1, 0.15) is 52.7 Å². The minimum atomic E-state index is -0.0112. The molecule has 0 spiro atoms. The molecule has 0 aliphatic heterocycles. The normalized spacial score (nSPS) is 15.3. The smallest absolute Gasteiger partial charge is 0.0967 e. The van der Waals surface area contributed by atoms with Crippen molar-refractivity contribution in [2.24, 2.45) is 0 Å². The Labute approximate surface area is 122 Å². The van der Waals surface area contributed by atoms with Crippen molar-refractivity contribution in [2.45, 2.75) is 58.8 Å². The molecule has 2 nitrogen and oxygen atoms in total. The summed E-state index contributed by atoms with van der Waals surface area (Å²) in [7, 11) is 0. The summed E-state index contributed by atoms with van der Waals surface area (Å²) in [5.41, 5.74) is 1.12. The third-order valence-electron chi connectivity index (χ3n) is 3.04. The number of rotatable bonds is 6. The molecule has 0 fully saturated rings. The molecule has 19 heavy (non-hydrogen) atoms. The maximum Gasteiger partial charge on any atom is 0.0967 e. The van der Waals surface area contributed by atoms with Gasteiger partial charge in [0.1, 0.15) is 0 Å². The fourth-order valence-electron chi connectivity index (χ4n) is 1.74. The summed E-state index contributed by atoms with van der Waals surface area (Å²) in [4.78, 5) is 0. The summed E-state index contributed by atoms with van der Waals surface area (Å²) in [5.74, 6) is 0. The number of hydrogen-bond acceptors (Lipinski definition) is 2. The van der Waals surface area contributed by atoms with Crippen LogP contribution >= 0.6 is 11.6 Å². The van der Waals surface area contributed by atoms with E-state index in [4.69, 9.17) is 16.3 Å². The first-order valence-corrected chi connectivity index (χ1v) is 7.36. The van der Waals surface area contributed by atoms with Crippen LogP contribution in [-0.4, -0.2) is 18.2 Å². The number of nitrogens with one attached hydrogen (secondary N) is 1.